The van der Waals surface area contributed by atoms with Crippen LogP contribution in [-0.2, 0) is 11.3 Å². The summed E-state index contributed by atoms with van der Waals surface area (Å²) in [5, 5.41) is 8.86. The van der Waals surface area contributed by atoms with Crippen LogP contribution in [-0.4, -0.2) is 28.6 Å². The van der Waals surface area contributed by atoms with Crippen LogP contribution in [0.15, 0.2) is 33.9 Å². The monoisotopic (exact) mass is 413 g/mol. The number of benzene rings is 1. The standard InChI is InChI=1S/C21H27N5O4/c1-4-5-10-25(17(27)13-30-16-8-6-15(11-22)7-9-16)18-19(23)26(12-14(2)3)21(29)24-20(18)28/h6-9,14H,4-5,10,12-13,23H2,1-3H3,(H,24,28,29). The molecule has 9 heteroatoms. The number of anilines is 2. The molecule has 1 heterocycles. The second-order valence-corrected chi connectivity index (χ2v) is 7.32. The third kappa shape index (κ3) is 5.50. The van der Waals surface area contributed by atoms with Crippen molar-refractivity contribution in [3.05, 3.63) is 50.7 Å². The van der Waals surface area contributed by atoms with E-state index in [0.717, 1.165) is 6.42 Å². The number of ether oxygens (including phenoxy) is 1. The predicted octanol–water partition coefficient (Wildman–Crippen LogP) is 1.86. The van der Waals surface area contributed by atoms with Gasteiger partial charge in [-0.2, -0.15) is 5.26 Å². The Hall–Kier alpha value is -3.54. The SMILES string of the molecule is CCCCN(C(=O)COc1ccc(C#N)cc1)c1c(N)n(CC(C)C)c(=O)[nH]c1=O. The summed E-state index contributed by atoms with van der Waals surface area (Å²) >= 11 is 0. The van der Waals surface area contributed by atoms with Crippen molar-refractivity contribution in [3.8, 4) is 11.8 Å². The van der Waals surface area contributed by atoms with Gasteiger partial charge >= 0.3 is 5.69 Å². The summed E-state index contributed by atoms with van der Waals surface area (Å²) in [5.74, 6) is 0.0349. The minimum Gasteiger partial charge on any atom is -0.484 e. The first-order valence-corrected chi connectivity index (χ1v) is 9.84. The van der Waals surface area contributed by atoms with Crippen molar-refractivity contribution >= 4 is 17.4 Å². The van der Waals surface area contributed by atoms with Gasteiger partial charge in [-0.1, -0.05) is 27.2 Å². The lowest BCUT2D eigenvalue weighted by molar-refractivity contribution is -0.120. The molecular weight excluding hydrogens is 386 g/mol. The maximum absolute atomic E-state index is 12.9. The van der Waals surface area contributed by atoms with Crippen LogP contribution in [0.4, 0.5) is 11.5 Å². The Kier molecular flexibility index (Phi) is 7.81. The molecule has 1 amide bonds. The van der Waals surface area contributed by atoms with Gasteiger partial charge < -0.3 is 15.4 Å². The molecule has 30 heavy (non-hydrogen) atoms. The van der Waals surface area contributed by atoms with Crippen molar-refractivity contribution < 1.29 is 9.53 Å². The molecule has 0 radical (unpaired) electrons. The quantitative estimate of drug-likeness (QED) is 0.644. The lowest BCUT2D eigenvalue weighted by Gasteiger charge is -2.25. The fourth-order valence-electron chi connectivity index (χ4n) is 2.91. The molecule has 1 aromatic heterocycles. The summed E-state index contributed by atoms with van der Waals surface area (Å²) in [7, 11) is 0. The number of carbonyl (C=O) groups excluding carboxylic acids is 1. The zero-order chi connectivity index (χ0) is 22.3. The summed E-state index contributed by atoms with van der Waals surface area (Å²) in [6.45, 7) is 6.05. The number of nitrogen functional groups attached to an aromatic ring is 1. The number of H-pyrrole nitrogens is 1. The van der Waals surface area contributed by atoms with Crippen molar-refractivity contribution in [2.45, 2.75) is 40.2 Å². The van der Waals surface area contributed by atoms with Gasteiger partial charge in [0.25, 0.3) is 11.5 Å². The lowest BCUT2D eigenvalue weighted by Crippen LogP contribution is -2.43. The molecule has 0 aliphatic heterocycles. The summed E-state index contributed by atoms with van der Waals surface area (Å²) in [4.78, 5) is 41.2. The van der Waals surface area contributed by atoms with Crippen molar-refractivity contribution in [1.82, 2.24) is 9.55 Å². The summed E-state index contributed by atoms with van der Waals surface area (Å²) in [5.41, 5.74) is 5.28. The van der Waals surface area contributed by atoms with Crippen LogP contribution in [0, 0.1) is 17.2 Å². The van der Waals surface area contributed by atoms with E-state index in [9.17, 15) is 14.4 Å². The Labute approximate surface area is 174 Å². The van der Waals surface area contributed by atoms with Crippen molar-refractivity contribution in [1.29, 1.82) is 5.26 Å². The number of nitrogens with zero attached hydrogens (tertiary/aromatic N) is 3. The first-order chi connectivity index (χ1) is 14.3. The van der Waals surface area contributed by atoms with Gasteiger partial charge in [-0.05, 0) is 36.6 Å². The van der Waals surface area contributed by atoms with Gasteiger partial charge in [-0.25, -0.2) is 4.79 Å². The number of nitrogens with one attached hydrogen (secondary N) is 1. The average molecular weight is 413 g/mol. The zero-order valence-corrected chi connectivity index (χ0v) is 17.5. The third-order valence-corrected chi connectivity index (χ3v) is 4.41. The highest BCUT2D eigenvalue weighted by Gasteiger charge is 2.24. The van der Waals surface area contributed by atoms with Gasteiger partial charge in [0.15, 0.2) is 12.3 Å². The first kappa shape index (κ1) is 22.7. The highest BCUT2D eigenvalue weighted by Crippen LogP contribution is 2.19. The Balaban J connectivity index is 2.34. The van der Waals surface area contributed by atoms with Crippen LogP contribution in [0.3, 0.4) is 0 Å². The van der Waals surface area contributed by atoms with Gasteiger partial charge in [-0.3, -0.25) is 19.1 Å². The molecule has 2 aromatic rings. The van der Waals surface area contributed by atoms with E-state index in [4.69, 9.17) is 15.7 Å². The fourth-order valence-corrected chi connectivity index (χ4v) is 2.91. The number of aromatic amines is 1. The van der Waals surface area contributed by atoms with Crippen LogP contribution in [0.5, 0.6) is 5.75 Å². The lowest BCUT2D eigenvalue weighted by atomic mass is 10.2. The molecule has 2 rings (SSSR count). The summed E-state index contributed by atoms with van der Waals surface area (Å²) < 4.78 is 6.80. The van der Waals surface area contributed by atoms with E-state index >= 15 is 0 Å². The maximum Gasteiger partial charge on any atom is 0.330 e. The van der Waals surface area contributed by atoms with E-state index < -0.39 is 17.2 Å². The van der Waals surface area contributed by atoms with Crippen molar-refractivity contribution in [3.63, 3.8) is 0 Å². The van der Waals surface area contributed by atoms with Crippen molar-refractivity contribution in [2.75, 3.05) is 23.8 Å². The molecule has 0 bridgehead atoms. The molecule has 0 spiro atoms. The smallest absolute Gasteiger partial charge is 0.330 e. The molecule has 0 aliphatic rings. The molecule has 9 nitrogen and oxygen atoms in total. The average Bonchev–Trinajstić information content (AvgIpc) is 2.71. The van der Waals surface area contributed by atoms with E-state index in [2.05, 4.69) is 4.98 Å². The number of hydrogen-bond donors (Lipinski definition) is 2. The fraction of sp³-hybridized carbons (Fsp3) is 0.429. The van der Waals surface area contributed by atoms with Crippen LogP contribution < -0.4 is 26.6 Å². The number of carbonyl (C=O) groups is 1. The minimum absolute atomic E-state index is 0.0414. The Morgan fingerprint density at radius 3 is 2.53 bits per heavy atom. The topological polar surface area (TPSA) is 134 Å². The van der Waals surface area contributed by atoms with Gasteiger partial charge in [-0.15, -0.1) is 0 Å². The largest absolute Gasteiger partial charge is 0.484 e. The molecule has 0 unspecified atom stereocenters. The second kappa shape index (κ2) is 10.3. The molecule has 3 N–H and O–H groups in total. The normalized spacial score (nSPS) is 10.6. The zero-order valence-electron chi connectivity index (χ0n) is 17.5. The number of rotatable bonds is 9. The Bertz CT molecular complexity index is 1030. The van der Waals surface area contributed by atoms with Crippen molar-refractivity contribution in [2.24, 2.45) is 5.92 Å². The minimum atomic E-state index is -0.708. The highest BCUT2D eigenvalue weighted by atomic mass is 16.5. The van der Waals surface area contributed by atoms with E-state index in [0.29, 0.717) is 24.3 Å². The molecule has 1 aromatic carbocycles. The van der Waals surface area contributed by atoms with Gasteiger partial charge in [0, 0.05) is 13.1 Å². The number of hydrogen-bond acceptors (Lipinski definition) is 6. The number of amides is 1. The first-order valence-electron chi connectivity index (χ1n) is 9.84. The predicted molar refractivity (Wildman–Crippen MR) is 114 cm³/mol. The molecule has 0 fully saturated rings. The molecular formula is C21H27N5O4. The molecule has 160 valence electrons. The summed E-state index contributed by atoms with van der Waals surface area (Å²) in [6, 6.07) is 8.35. The van der Waals surface area contributed by atoms with E-state index in [1.807, 2.05) is 26.8 Å². The van der Waals surface area contributed by atoms with Crippen LogP contribution >= 0.6 is 0 Å². The van der Waals surface area contributed by atoms with Gasteiger partial charge in [0.1, 0.15) is 11.6 Å². The highest BCUT2D eigenvalue weighted by molar-refractivity contribution is 5.96. The molecule has 0 saturated heterocycles. The Morgan fingerprint density at radius 1 is 1.30 bits per heavy atom. The van der Waals surface area contributed by atoms with E-state index in [1.165, 1.54) is 9.47 Å². The number of unbranched alkanes of at least 4 members (excludes halogenated alkanes) is 1. The van der Waals surface area contributed by atoms with Crippen LogP contribution in [0.2, 0.25) is 0 Å². The Morgan fingerprint density at radius 2 is 1.97 bits per heavy atom. The van der Waals surface area contributed by atoms with Gasteiger partial charge in [0.05, 0.1) is 11.6 Å². The third-order valence-electron chi connectivity index (χ3n) is 4.41. The molecule has 0 saturated carbocycles. The van der Waals surface area contributed by atoms with Crippen LogP contribution in [0.25, 0.3) is 0 Å². The second-order valence-electron chi connectivity index (χ2n) is 7.32. The van der Waals surface area contributed by atoms with Crippen LogP contribution in [0.1, 0.15) is 39.2 Å². The molecule has 0 atom stereocenters. The molecule has 0 aliphatic carbocycles. The number of aromatic nitrogens is 2. The maximum atomic E-state index is 12.9. The number of nitrogens with two attached hydrogens (primary N) is 1. The van der Waals surface area contributed by atoms with E-state index in [1.54, 1.807) is 24.3 Å². The summed E-state index contributed by atoms with van der Waals surface area (Å²) in [6.07, 6.45) is 1.44. The van der Waals surface area contributed by atoms with E-state index in [-0.39, 0.29) is 30.6 Å². The van der Waals surface area contributed by atoms with Gasteiger partial charge in [0.2, 0.25) is 0 Å². The number of nitriles is 1.